The maximum atomic E-state index is 13.3. The molecule has 2 aromatic rings. The Bertz CT molecular complexity index is 1010. The molecule has 1 saturated heterocycles. The molecule has 2 N–H and O–H groups in total. The Labute approximate surface area is 199 Å². The summed E-state index contributed by atoms with van der Waals surface area (Å²) >= 11 is 1.59. The van der Waals surface area contributed by atoms with Crippen LogP contribution in [0.5, 0.6) is 0 Å². The van der Waals surface area contributed by atoms with Crippen molar-refractivity contribution in [3.05, 3.63) is 41.0 Å². The Hall–Kier alpha value is -2.58. The molecule has 0 spiro atoms. The highest BCUT2D eigenvalue weighted by molar-refractivity contribution is 7.13. The van der Waals surface area contributed by atoms with Crippen LogP contribution in [0.4, 0.5) is 0 Å². The molecular weight excluding hydrogens is 438 g/mol. The minimum absolute atomic E-state index is 0.0685. The lowest BCUT2D eigenvalue weighted by Gasteiger charge is -2.34. The number of hydrogen-bond acceptors (Lipinski definition) is 6. The summed E-state index contributed by atoms with van der Waals surface area (Å²) in [5.41, 5.74) is 4.40. The highest BCUT2D eigenvalue weighted by Crippen LogP contribution is 2.33. The third-order valence-electron chi connectivity index (χ3n) is 6.13. The number of benzene rings is 1. The van der Waals surface area contributed by atoms with Gasteiger partial charge in [0.2, 0.25) is 11.8 Å². The van der Waals surface area contributed by atoms with E-state index in [0.717, 1.165) is 21.7 Å². The summed E-state index contributed by atoms with van der Waals surface area (Å²) in [7, 11) is 0. The second kappa shape index (κ2) is 10.1. The summed E-state index contributed by atoms with van der Waals surface area (Å²) < 4.78 is 0. The second-order valence-electron chi connectivity index (χ2n) is 9.90. The average molecular weight is 472 g/mol. The third-order valence-corrected chi connectivity index (χ3v) is 7.11. The lowest BCUT2D eigenvalue weighted by molar-refractivity contribution is -0.146. The van der Waals surface area contributed by atoms with Crippen LogP contribution in [-0.4, -0.2) is 51.3 Å². The molecule has 1 aliphatic heterocycles. The van der Waals surface area contributed by atoms with Gasteiger partial charge < -0.3 is 20.1 Å². The van der Waals surface area contributed by atoms with Crippen LogP contribution < -0.4 is 5.32 Å². The van der Waals surface area contributed by atoms with Crippen LogP contribution in [0.15, 0.2) is 29.8 Å². The van der Waals surface area contributed by atoms with Gasteiger partial charge in [-0.05, 0) is 30.4 Å². The zero-order valence-electron chi connectivity index (χ0n) is 19.9. The number of aryl methyl sites for hydroxylation is 1. The van der Waals surface area contributed by atoms with E-state index in [0.29, 0.717) is 6.54 Å². The van der Waals surface area contributed by atoms with E-state index in [1.807, 2.05) is 57.5 Å². The van der Waals surface area contributed by atoms with Crippen molar-refractivity contribution in [2.75, 3.05) is 6.54 Å². The number of aliphatic hydroxyl groups is 1. The van der Waals surface area contributed by atoms with Gasteiger partial charge >= 0.3 is 0 Å². The number of rotatable bonds is 7. The van der Waals surface area contributed by atoms with E-state index in [9.17, 15) is 19.5 Å². The zero-order chi connectivity index (χ0) is 24.3. The summed E-state index contributed by atoms with van der Waals surface area (Å²) in [4.78, 5) is 44.9. The maximum Gasteiger partial charge on any atom is 0.243 e. The number of likely N-dealkylation sites (tertiary alicyclic amines) is 1. The molecule has 0 saturated carbocycles. The highest BCUT2D eigenvalue weighted by Gasteiger charge is 2.44. The summed E-state index contributed by atoms with van der Waals surface area (Å²) in [5.74, 6) is -1.16. The highest BCUT2D eigenvalue weighted by atomic mass is 32.1. The van der Waals surface area contributed by atoms with Crippen LogP contribution in [0.3, 0.4) is 0 Å². The molecule has 2 amide bonds. The summed E-state index contributed by atoms with van der Waals surface area (Å²) in [6.07, 6.45) is -0.447. The number of amides is 2. The topological polar surface area (TPSA) is 99.6 Å². The van der Waals surface area contributed by atoms with E-state index >= 15 is 0 Å². The van der Waals surface area contributed by atoms with Gasteiger partial charge in [0.25, 0.3) is 0 Å². The Morgan fingerprint density at radius 3 is 2.45 bits per heavy atom. The van der Waals surface area contributed by atoms with Gasteiger partial charge in [-0.1, -0.05) is 45.0 Å². The molecule has 3 atom stereocenters. The van der Waals surface area contributed by atoms with Crippen LogP contribution in [-0.2, 0) is 20.9 Å². The summed E-state index contributed by atoms with van der Waals surface area (Å²) in [6.45, 7) is 9.61. The first-order valence-corrected chi connectivity index (χ1v) is 12.1. The molecule has 3 rings (SSSR count). The van der Waals surface area contributed by atoms with Gasteiger partial charge in [0, 0.05) is 31.8 Å². The Morgan fingerprint density at radius 1 is 1.24 bits per heavy atom. The molecule has 2 heterocycles. The zero-order valence-corrected chi connectivity index (χ0v) is 20.7. The predicted molar refractivity (Wildman–Crippen MR) is 129 cm³/mol. The van der Waals surface area contributed by atoms with Crippen molar-refractivity contribution in [2.45, 2.75) is 66.2 Å². The van der Waals surface area contributed by atoms with Crippen molar-refractivity contribution < 1.29 is 19.5 Å². The maximum absolute atomic E-state index is 13.3. The number of carbonyl (C=O) groups is 3. The fourth-order valence-electron chi connectivity index (χ4n) is 4.22. The molecule has 1 aliphatic rings. The number of thiazole rings is 1. The molecule has 178 valence electrons. The monoisotopic (exact) mass is 471 g/mol. The first kappa shape index (κ1) is 25.1. The van der Waals surface area contributed by atoms with Gasteiger partial charge in [-0.3, -0.25) is 9.59 Å². The van der Waals surface area contributed by atoms with E-state index in [1.165, 1.54) is 11.8 Å². The average Bonchev–Trinajstić information content (AvgIpc) is 3.35. The van der Waals surface area contributed by atoms with Crippen molar-refractivity contribution >= 4 is 28.9 Å². The Morgan fingerprint density at radius 2 is 1.91 bits per heavy atom. The molecule has 0 bridgehead atoms. The normalized spacial score (nSPS) is 19.4. The van der Waals surface area contributed by atoms with Crippen LogP contribution in [0.25, 0.3) is 10.4 Å². The molecule has 1 fully saturated rings. The Balaban J connectivity index is 1.67. The second-order valence-corrected chi connectivity index (χ2v) is 10.8. The predicted octanol–water partition coefficient (Wildman–Crippen LogP) is 3.34. The lowest BCUT2D eigenvalue weighted by atomic mass is 9.77. The summed E-state index contributed by atoms with van der Waals surface area (Å²) in [5, 5.41) is 13.1. The van der Waals surface area contributed by atoms with E-state index in [1.54, 1.807) is 11.3 Å². The molecular formula is C25H33N3O4S. The van der Waals surface area contributed by atoms with Crippen molar-refractivity contribution in [3.8, 4) is 10.4 Å². The molecule has 1 aromatic carbocycles. The van der Waals surface area contributed by atoms with Gasteiger partial charge in [0.1, 0.15) is 11.8 Å². The molecule has 1 aromatic heterocycles. The Kier molecular flexibility index (Phi) is 7.69. The van der Waals surface area contributed by atoms with E-state index in [-0.39, 0.29) is 37.0 Å². The van der Waals surface area contributed by atoms with E-state index in [4.69, 9.17) is 0 Å². The number of aromatic nitrogens is 1. The van der Waals surface area contributed by atoms with Crippen LogP contribution in [0.2, 0.25) is 0 Å². The van der Waals surface area contributed by atoms with Crippen LogP contribution >= 0.6 is 11.3 Å². The number of carbonyl (C=O) groups excluding carboxylic acids is 3. The molecule has 1 unspecified atom stereocenters. The fraction of sp³-hybridized carbons (Fsp3) is 0.520. The summed E-state index contributed by atoms with van der Waals surface area (Å²) in [6, 6.07) is 7.19. The SMILES string of the molecule is CC(=O)CC(C(=O)N1C[C@H](O)C[C@H]1C(=O)NCc1ccc(-c2scnc2C)cc1)C(C)(C)C. The van der Waals surface area contributed by atoms with Crippen molar-refractivity contribution in [3.63, 3.8) is 0 Å². The number of Topliss-reactive ketones (excluding diaryl/α,β-unsaturated/α-hetero) is 1. The minimum Gasteiger partial charge on any atom is -0.391 e. The van der Waals surface area contributed by atoms with Gasteiger partial charge in [0.15, 0.2) is 0 Å². The van der Waals surface area contributed by atoms with Gasteiger partial charge in [-0.15, -0.1) is 11.3 Å². The standard InChI is InChI=1S/C25H33N3O4S/c1-15(29)10-20(25(3,4)5)24(32)28-13-19(30)11-21(28)23(31)26-12-17-6-8-18(9-7-17)22-16(2)27-14-33-22/h6-9,14,19-21,30H,10-13H2,1-5H3,(H,26,31)/t19-,20?,21+/m1/s1. The first-order valence-electron chi connectivity index (χ1n) is 11.2. The number of ketones is 1. The smallest absolute Gasteiger partial charge is 0.243 e. The largest absolute Gasteiger partial charge is 0.391 e. The van der Waals surface area contributed by atoms with Crippen LogP contribution in [0, 0.1) is 18.3 Å². The quantitative estimate of drug-likeness (QED) is 0.645. The molecule has 33 heavy (non-hydrogen) atoms. The van der Waals surface area contributed by atoms with Crippen molar-refractivity contribution in [2.24, 2.45) is 11.3 Å². The van der Waals surface area contributed by atoms with Crippen molar-refractivity contribution in [1.82, 2.24) is 15.2 Å². The van der Waals surface area contributed by atoms with Crippen LogP contribution in [0.1, 0.15) is 51.8 Å². The van der Waals surface area contributed by atoms with E-state index < -0.39 is 23.5 Å². The molecule has 0 radical (unpaired) electrons. The third kappa shape index (κ3) is 6.06. The van der Waals surface area contributed by atoms with Gasteiger partial charge in [-0.25, -0.2) is 4.98 Å². The molecule has 7 nitrogen and oxygen atoms in total. The molecule has 0 aliphatic carbocycles. The molecule has 8 heteroatoms. The number of hydrogen-bond donors (Lipinski definition) is 2. The first-order chi connectivity index (χ1) is 15.5. The number of nitrogens with zero attached hydrogens (tertiary/aromatic N) is 2. The van der Waals surface area contributed by atoms with Gasteiger partial charge in [0.05, 0.1) is 22.2 Å². The van der Waals surface area contributed by atoms with Gasteiger partial charge in [-0.2, -0.15) is 0 Å². The van der Waals surface area contributed by atoms with Crippen molar-refractivity contribution in [1.29, 1.82) is 0 Å². The van der Waals surface area contributed by atoms with E-state index in [2.05, 4.69) is 10.3 Å². The minimum atomic E-state index is -0.760. The lowest BCUT2D eigenvalue weighted by Crippen LogP contribution is -2.50. The fourth-order valence-corrected chi connectivity index (χ4v) is 5.03. The number of aliphatic hydroxyl groups excluding tert-OH is 1. The number of nitrogens with one attached hydrogen (secondary N) is 1. The number of β-amino-alcohol motifs (C(OH)–C–C–N with tert-alkyl or cyclic N) is 1.